The molecule has 0 saturated carbocycles. The Kier molecular flexibility index (Phi) is 5.40. The van der Waals surface area contributed by atoms with Gasteiger partial charge in [0.2, 0.25) is 0 Å². The molecule has 0 aliphatic rings. The van der Waals surface area contributed by atoms with Gasteiger partial charge in [-0.05, 0) is 42.3 Å². The summed E-state index contributed by atoms with van der Waals surface area (Å²) in [6.07, 6.45) is -2.42. The van der Waals surface area contributed by atoms with E-state index in [-0.39, 0.29) is 18.0 Å². The lowest BCUT2D eigenvalue weighted by Gasteiger charge is -2.15. The second-order valence-corrected chi connectivity index (χ2v) is 4.93. The number of aromatic nitrogens is 1. The number of nitrogens with zero attached hydrogens (tertiary/aromatic N) is 1. The van der Waals surface area contributed by atoms with Gasteiger partial charge in [0, 0.05) is 24.0 Å². The number of benzene rings is 1. The zero-order chi connectivity index (χ0) is 17.7. The van der Waals surface area contributed by atoms with E-state index in [0.29, 0.717) is 23.5 Å². The Morgan fingerprint density at radius 1 is 1.25 bits per heavy atom. The molecule has 128 valence electrons. The third-order valence-corrected chi connectivity index (χ3v) is 3.27. The SMILES string of the molecule is CCc1ccnc(Nc2ccc(OC(F)(F)F)cc2)c1C(=N)CN. The van der Waals surface area contributed by atoms with E-state index < -0.39 is 6.36 Å². The molecule has 4 N–H and O–H groups in total. The third-order valence-electron chi connectivity index (χ3n) is 3.27. The van der Waals surface area contributed by atoms with Gasteiger partial charge in [-0.2, -0.15) is 0 Å². The highest BCUT2D eigenvalue weighted by Gasteiger charge is 2.30. The van der Waals surface area contributed by atoms with E-state index in [1.807, 2.05) is 13.0 Å². The summed E-state index contributed by atoms with van der Waals surface area (Å²) in [6, 6.07) is 7.10. The summed E-state index contributed by atoms with van der Waals surface area (Å²) in [4.78, 5) is 4.21. The fourth-order valence-electron chi connectivity index (χ4n) is 2.21. The molecule has 0 radical (unpaired) electrons. The predicted molar refractivity (Wildman–Crippen MR) is 85.9 cm³/mol. The first kappa shape index (κ1) is 17.7. The summed E-state index contributed by atoms with van der Waals surface area (Å²) in [5.74, 6) is 0.132. The van der Waals surface area contributed by atoms with E-state index in [9.17, 15) is 13.2 Å². The number of aryl methyl sites for hydroxylation is 1. The Hall–Kier alpha value is -2.61. The highest BCUT2D eigenvalue weighted by atomic mass is 19.4. The lowest BCUT2D eigenvalue weighted by Crippen LogP contribution is -2.18. The van der Waals surface area contributed by atoms with Gasteiger partial charge in [-0.25, -0.2) is 4.98 Å². The molecule has 1 aromatic carbocycles. The molecule has 0 aliphatic heterocycles. The highest BCUT2D eigenvalue weighted by molar-refractivity contribution is 6.05. The number of anilines is 2. The van der Waals surface area contributed by atoms with Crippen LogP contribution in [0.25, 0.3) is 0 Å². The zero-order valence-corrected chi connectivity index (χ0v) is 12.9. The fourth-order valence-corrected chi connectivity index (χ4v) is 2.21. The minimum Gasteiger partial charge on any atom is -0.406 e. The van der Waals surface area contributed by atoms with Crippen molar-refractivity contribution in [3.8, 4) is 5.75 Å². The molecule has 8 heteroatoms. The molecule has 2 aromatic rings. The normalized spacial score (nSPS) is 11.2. The van der Waals surface area contributed by atoms with Crippen LogP contribution in [0.3, 0.4) is 0 Å². The average Bonchev–Trinajstić information content (AvgIpc) is 2.54. The minimum absolute atomic E-state index is 0.0612. The smallest absolute Gasteiger partial charge is 0.406 e. The summed E-state index contributed by atoms with van der Waals surface area (Å²) in [6.45, 7) is 2.02. The summed E-state index contributed by atoms with van der Waals surface area (Å²) >= 11 is 0. The number of ether oxygens (including phenoxy) is 1. The number of nitrogens with two attached hydrogens (primary N) is 1. The van der Waals surface area contributed by atoms with Gasteiger partial charge in [0.1, 0.15) is 11.6 Å². The summed E-state index contributed by atoms with van der Waals surface area (Å²) < 4.78 is 40.3. The van der Waals surface area contributed by atoms with Gasteiger partial charge in [-0.1, -0.05) is 6.92 Å². The molecule has 0 unspecified atom stereocenters. The first-order chi connectivity index (χ1) is 11.3. The molecule has 2 rings (SSSR count). The van der Waals surface area contributed by atoms with Crippen LogP contribution in [0.4, 0.5) is 24.7 Å². The highest BCUT2D eigenvalue weighted by Crippen LogP contribution is 2.26. The van der Waals surface area contributed by atoms with E-state index in [1.165, 1.54) is 24.3 Å². The molecular formula is C16H17F3N4O. The zero-order valence-electron chi connectivity index (χ0n) is 12.9. The standard InChI is InChI=1S/C16H17F3N4O/c1-2-10-7-8-22-15(14(10)13(21)9-20)23-11-3-5-12(6-4-11)24-16(17,18)19/h3-8,21H,2,9,20H2,1H3,(H,22,23). The molecule has 1 heterocycles. The van der Waals surface area contributed by atoms with Crippen molar-refractivity contribution in [1.82, 2.24) is 4.98 Å². The average molecular weight is 338 g/mol. The van der Waals surface area contributed by atoms with E-state index in [4.69, 9.17) is 11.1 Å². The van der Waals surface area contributed by atoms with Gasteiger partial charge in [0.25, 0.3) is 0 Å². The molecule has 5 nitrogen and oxygen atoms in total. The number of hydrogen-bond acceptors (Lipinski definition) is 5. The van der Waals surface area contributed by atoms with Gasteiger partial charge in [0.15, 0.2) is 0 Å². The second-order valence-electron chi connectivity index (χ2n) is 4.93. The number of hydrogen-bond donors (Lipinski definition) is 3. The van der Waals surface area contributed by atoms with E-state index >= 15 is 0 Å². The molecule has 0 fully saturated rings. The van der Waals surface area contributed by atoms with Gasteiger partial charge >= 0.3 is 6.36 Å². The first-order valence-electron chi connectivity index (χ1n) is 7.22. The maximum absolute atomic E-state index is 12.2. The maximum atomic E-state index is 12.2. The monoisotopic (exact) mass is 338 g/mol. The van der Waals surface area contributed by atoms with Crippen molar-refractivity contribution in [3.63, 3.8) is 0 Å². The molecule has 1 aromatic heterocycles. The molecular weight excluding hydrogens is 321 g/mol. The number of rotatable bonds is 6. The van der Waals surface area contributed by atoms with Gasteiger partial charge < -0.3 is 21.2 Å². The first-order valence-corrected chi connectivity index (χ1v) is 7.22. The number of halogens is 3. The van der Waals surface area contributed by atoms with Crippen molar-refractivity contribution in [2.24, 2.45) is 5.73 Å². The molecule has 0 amide bonds. The number of alkyl halides is 3. The quantitative estimate of drug-likeness (QED) is 0.703. The van der Waals surface area contributed by atoms with Gasteiger partial charge in [0.05, 0.1) is 5.71 Å². The van der Waals surface area contributed by atoms with Crippen LogP contribution in [0.2, 0.25) is 0 Å². The Balaban J connectivity index is 2.26. The van der Waals surface area contributed by atoms with Crippen molar-refractivity contribution in [2.75, 3.05) is 11.9 Å². The summed E-state index contributed by atoms with van der Waals surface area (Å²) in [5, 5.41) is 11.0. The van der Waals surface area contributed by atoms with Crippen molar-refractivity contribution >= 4 is 17.2 Å². The molecule has 0 atom stereocenters. The van der Waals surface area contributed by atoms with Crippen molar-refractivity contribution in [3.05, 3.63) is 47.7 Å². The summed E-state index contributed by atoms with van der Waals surface area (Å²) in [5.41, 5.74) is 7.85. The fraction of sp³-hybridized carbons (Fsp3) is 0.250. The number of pyridine rings is 1. The molecule has 0 spiro atoms. The van der Waals surface area contributed by atoms with E-state index in [1.54, 1.807) is 6.20 Å². The Bertz CT molecular complexity index is 714. The van der Waals surface area contributed by atoms with E-state index in [0.717, 1.165) is 5.56 Å². The Labute approximate surface area is 137 Å². The third kappa shape index (κ3) is 4.45. The molecule has 0 bridgehead atoms. The van der Waals surface area contributed by atoms with Crippen LogP contribution in [0.15, 0.2) is 36.5 Å². The number of nitrogens with one attached hydrogen (secondary N) is 2. The molecule has 0 saturated heterocycles. The minimum atomic E-state index is -4.73. The van der Waals surface area contributed by atoms with Crippen molar-refractivity contribution < 1.29 is 17.9 Å². The Morgan fingerprint density at radius 2 is 1.92 bits per heavy atom. The largest absolute Gasteiger partial charge is 0.573 e. The van der Waals surface area contributed by atoms with Gasteiger partial charge in [-0.3, -0.25) is 0 Å². The lowest BCUT2D eigenvalue weighted by atomic mass is 10.0. The maximum Gasteiger partial charge on any atom is 0.573 e. The van der Waals surface area contributed by atoms with Crippen LogP contribution in [0.1, 0.15) is 18.1 Å². The van der Waals surface area contributed by atoms with Crippen LogP contribution in [0.5, 0.6) is 5.75 Å². The molecule has 0 aliphatic carbocycles. The topological polar surface area (TPSA) is 84.0 Å². The van der Waals surface area contributed by atoms with Crippen LogP contribution in [-0.4, -0.2) is 23.6 Å². The summed E-state index contributed by atoms with van der Waals surface area (Å²) in [7, 11) is 0. The predicted octanol–water partition coefficient (Wildman–Crippen LogP) is 3.61. The van der Waals surface area contributed by atoms with Crippen molar-refractivity contribution in [1.29, 1.82) is 5.41 Å². The van der Waals surface area contributed by atoms with Crippen LogP contribution in [-0.2, 0) is 6.42 Å². The Morgan fingerprint density at radius 3 is 2.46 bits per heavy atom. The van der Waals surface area contributed by atoms with Crippen LogP contribution >= 0.6 is 0 Å². The lowest BCUT2D eigenvalue weighted by molar-refractivity contribution is -0.274. The van der Waals surface area contributed by atoms with Gasteiger partial charge in [-0.15, -0.1) is 13.2 Å². The van der Waals surface area contributed by atoms with Crippen LogP contribution in [0, 0.1) is 5.41 Å². The second kappa shape index (κ2) is 7.31. The van der Waals surface area contributed by atoms with Crippen molar-refractivity contribution in [2.45, 2.75) is 19.7 Å². The molecule has 24 heavy (non-hydrogen) atoms. The van der Waals surface area contributed by atoms with E-state index in [2.05, 4.69) is 15.0 Å². The van der Waals surface area contributed by atoms with Crippen LogP contribution < -0.4 is 15.8 Å².